The van der Waals surface area contributed by atoms with Gasteiger partial charge in [0.25, 0.3) is 0 Å². The maximum atomic E-state index is 2.30. The minimum absolute atomic E-state index is 0.761. The quantitative estimate of drug-likeness (QED) is 0.617. The molecule has 0 rings (SSSR count). The summed E-state index contributed by atoms with van der Waals surface area (Å²) in [5, 5.41) is 0. The van der Waals surface area contributed by atoms with E-state index < -0.39 is 0 Å². The van der Waals surface area contributed by atoms with Crippen LogP contribution in [0.1, 0.15) is 13.8 Å². The molecule has 0 N–H and O–H groups in total. The predicted octanol–water partition coefficient (Wildman–Crippen LogP) is 0.646. The zero-order valence-corrected chi connectivity index (χ0v) is 9.47. The zero-order valence-electron chi connectivity index (χ0n) is 6.18. The Morgan fingerprint density at radius 3 is 1.62 bits per heavy atom. The van der Waals surface area contributed by atoms with Crippen molar-refractivity contribution in [2.45, 2.75) is 23.8 Å². The number of hydrogen-bond donors (Lipinski definition) is 0. The molecule has 0 saturated carbocycles. The van der Waals surface area contributed by atoms with Gasteiger partial charge < -0.3 is 0 Å². The summed E-state index contributed by atoms with van der Waals surface area (Å²) >= 11 is 1.37. The van der Waals surface area contributed by atoms with Crippen molar-refractivity contribution in [1.29, 1.82) is 0 Å². The molecule has 0 bridgehead atoms. The Balaban J connectivity index is 3.46. The standard InChI is InChI=1S/C6H14N.Sn.H/c1-5-6(2)7(3)4;;/h5-6H,1-4H3;;. The average molecular weight is 220 g/mol. The van der Waals surface area contributed by atoms with Gasteiger partial charge in [0.05, 0.1) is 0 Å². The van der Waals surface area contributed by atoms with Crippen molar-refractivity contribution in [2.24, 2.45) is 0 Å². The molecule has 0 aromatic rings. The van der Waals surface area contributed by atoms with Crippen LogP contribution in [0.3, 0.4) is 0 Å². The van der Waals surface area contributed by atoms with Gasteiger partial charge >= 0.3 is 65.3 Å². The minimum atomic E-state index is 0.761. The molecule has 0 aliphatic heterocycles. The van der Waals surface area contributed by atoms with Gasteiger partial charge in [0.2, 0.25) is 0 Å². The fourth-order valence-electron chi connectivity index (χ4n) is 0.470. The SMILES string of the molecule is C[CH]([SnH])C(C)N(C)C. The Morgan fingerprint density at radius 2 is 1.62 bits per heavy atom. The van der Waals surface area contributed by atoms with Gasteiger partial charge in [-0.3, -0.25) is 0 Å². The van der Waals surface area contributed by atoms with Gasteiger partial charge in [-0.15, -0.1) is 0 Å². The van der Waals surface area contributed by atoms with E-state index in [4.69, 9.17) is 0 Å². The third-order valence-electron chi connectivity index (χ3n) is 1.58. The van der Waals surface area contributed by atoms with E-state index in [1.54, 1.807) is 0 Å². The molecule has 2 heteroatoms. The van der Waals surface area contributed by atoms with E-state index in [9.17, 15) is 0 Å². The number of rotatable bonds is 2. The Kier molecular flexibility index (Phi) is 4.07. The van der Waals surface area contributed by atoms with Crippen LogP contribution in [0.2, 0.25) is 3.93 Å². The molecule has 0 aromatic heterocycles. The van der Waals surface area contributed by atoms with Crippen molar-refractivity contribution >= 4 is 22.5 Å². The summed E-state index contributed by atoms with van der Waals surface area (Å²) in [4.78, 5) is 2.27. The predicted molar refractivity (Wildman–Crippen MR) is 39.7 cm³/mol. The van der Waals surface area contributed by atoms with Crippen LogP contribution in [0.5, 0.6) is 0 Å². The second-order valence-electron chi connectivity index (χ2n) is 2.56. The van der Waals surface area contributed by atoms with Crippen LogP contribution in [-0.4, -0.2) is 47.6 Å². The van der Waals surface area contributed by atoms with Crippen LogP contribution in [0, 0.1) is 0 Å². The van der Waals surface area contributed by atoms with Gasteiger partial charge in [-0.2, -0.15) is 0 Å². The molecule has 0 heterocycles. The van der Waals surface area contributed by atoms with E-state index in [0.29, 0.717) is 0 Å². The molecule has 0 amide bonds. The van der Waals surface area contributed by atoms with Crippen LogP contribution in [-0.2, 0) is 0 Å². The second-order valence-corrected chi connectivity index (χ2v) is 5.56. The van der Waals surface area contributed by atoms with Crippen molar-refractivity contribution < 1.29 is 0 Å². The third-order valence-corrected chi connectivity index (χ3v) is 3.17. The Morgan fingerprint density at radius 1 is 1.25 bits per heavy atom. The summed E-state index contributed by atoms with van der Waals surface area (Å²) in [7, 11) is 4.27. The first kappa shape index (κ1) is 8.76. The molecule has 2 atom stereocenters. The summed E-state index contributed by atoms with van der Waals surface area (Å²) in [5.74, 6) is 0. The van der Waals surface area contributed by atoms with E-state index in [2.05, 4.69) is 32.8 Å². The third kappa shape index (κ3) is 2.92. The van der Waals surface area contributed by atoms with E-state index >= 15 is 0 Å². The van der Waals surface area contributed by atoms with Crippen molar-refractivity contribution in [3.05, 3.63) is 0 Å². The molecule has 0 fully saturated rings. The molecule has 8 heavy (non-hydrogen) atoms. The molecule has 2 radical (unpaired) electrons. The Hall–Kier alpha value is 0.759. The molecular weight excluding hydrogens is 205 g/mol. The van der Waals surface area contributed by atoms with Gasteiger partial charge in [-0.1, -0.05) is 0 Å². The van der Waals surface area contributed by atoms with Gasteiger partial charge in [-0.25, -0.2) is 0 Å². The average Bonchev–Trinajstić information content (AvgIpc) is 1.64. The molecule has 0 aliphatic carbocycles. The zero-order chi connectivity index (χ0) is 6.73. The van der Waals surface area contributed by atoms with Gasteiger partial charge in [0.15, 0.2) is 0 Å². The fourth-order valence-corrected chi connectivity index (χ4v) is 1.45. The maximum absolute atomic E-state index is 2.30. The van der Waals surface area contributed by atoms with Crippen LogP contribution < -0.4 is 0 Å². The Labute approximate surface area is 65.5 Å². The van der Waals surface area contributed by atoms with Gasteiger partial charge in [0, 0.05) is 0 Å². The first-order valence-corrected chi connectivity index (χ1v) is 4.88. The summed E-state index contributed by atoms with van der Waals surface area (Å²) in [6, 6.07) is 0.761. The molecule has 48 valence electrons. The molecule has 1 nitrogen and oxygen atoms in total. The molecule has 0 aliphatic rings. The van der Waals surface area contributed by atoms with Gasteiger partial charge in [-0.05, 0) is 0 Å². The summed E-state index contributed by atoms with van der Waals surface area (Å²) < 4.78 is 0.899. The number of hydrogen-bond acceptors (Lipinski definition) is 1. The van der Waals surface area contributed by atoms with E-state index in [0.717, 1.165) is 9.98 Å². The molecule has 0 saturated heterocycles. The molecular formula is C6H15NSn. The monoisotopic (exact) mass is 221 g/mol. The van der Waals surface area contributed by atoms with Crippen molar-refractivity contribution in [2.75, 3.05) is 14.1 Å². The van der Waals surface area contributed by atoms with Crippen LogP contribution >= 0.6 is 0 Å². The topological polar surface area (TPSA) is 3.24 Å². The van der Waals surface area contributed by atoms with Crippen LogP contribution in [0.25, 0.3) is 0 Å². The van der Waals surface area contributed by atoms with Crippen molar-refractivity contribution in [3.63, 3.8) is 0 Å². The van der Waals surface area contributed by atoms with E-state index in [1.165, 1.54) is 22.5 Å². The normalized spacial score (nSPS) is 18.8. The first-order chi connectivity index (χ1) is 3.55. The summed E-state index contributed by atoms with van der Waals surface area (Å²) in [5.41, 5.74) is 0. The van der Waals surface area contributed by atoms with Gasteiger partial charge in [0.1, 0.15) is 0 Å². The molecule has 2 unspecified atom stereocenters. The van der Waals surface area contributed by atoms with E-state index in [1.807, 2.05) is 0 Å². The van der Waals surface area contributed by atoms with Crippen LogP contribution in [0.15, 0.2) is 0 Å². The summed E-state index contributed by atoms with van der Waals surface area (Å²) in [6.45, 7) is 4.57. The summed E-state index contributed by atoms with van der Waals surface area (Å²) in [6.07, 6.45) is 0. The molecule has 0 spiro atoms. The first-order valence-electron chi connectivity index (χ1n) is 2.97. The molecule has 0 aromatic carbocycles. The van der Waals surface area contributed by atoms with E-state index in [-0.39, 0.29) is 0 Å². The van der Waals surface area contributed by atoms with Crippen molar-refractivity contribution in [1.82, 2.24) is 4.90 Å². The fraction of sp³-hybridized carbons (Fsp3) is 1.00. The van der Waals surface area contributed by atoms with Crippen LogP contribution in [0.4, 0.5) is 0 Å². The Bertz CT molecular complexity index is 53.5. The second kappa shape index (κ2) is 3.72. The van der Waals surface area contributed by atoms with Crippen molar-refractivity contribution in [3.8, 4) is 0 Å². The number of nitrogens with zero attached hydrogens (tertiary/aromatic N) is 1.